The van der Waals surface area contributed by atoms with Gasteiger partial charge in [-0.05, 0) is 48.6 Å². The number of nitrogens with zero attached hydrogens (tertiary/aromatic N) is 2. The van der Waals surface area contributed by atoms with Gasteiger partial charge in [-0.15, -0.1) is 0 Å². The molecule has 5 rings (SSSR count). The van der Waals surface area contributed by atoms with Crippen LogP contribution in [0.4, 0.5) is 5.82 Å². The Morgan fingerprint density at radius 3 is 2.53 bits per heavy atom. The lowest BCUT2D eigenvalue weighted by Crippen LogP contribution is -2.31. The molecule has 1 saturated carbocycles. The minimum atomic E-state index is -0.436. The summed E-state index contributed by atoms with van der Waals surface area (Å²) < 4.78 is 13.0. The van der Waals surface area contributed by atoms with E-state index in [1.165, 1.54) is 18.1 Å². The SMILES string of the molecule is COc1ccc(C2(c3ccccc3)C=Cc3c(NC4CCC4)nn(C=CC=O)c3C2)cc1OC. The van der Waals surface area contributed by atoms with Crippen LogP contribution in [-0.4, -0.2) is 36.3 Å². The van der Waals surface area contributed by atoms with Gasteiger partial charge in [0.15, 0.2) is 17.3 Å². The molecule has 0 saturated heterocycles. The van der Waals surface area contributed by atoms with Crippen LogP contribution < -0.4 is 14.8 Å². The lowest BCUT2D eigenvalue weighted by molar-refractivity contribution is -0.104. The second-order valence-electron chi connectivity index (χ2n) is 8.82. The summed E-state index contributed by atoms with van der Waals surface area (Å²) in [5.74, 6) is 2.26. The van der Waals surface area contributed by atoms with Crippen molar-refractivity contribution in [3.8, 4) is 11.5 Å². The van der Waals surface area contributed by atoms with Crippen LogP contribution in [0.5, 0.6) is 11.5 Å². The second kappa shape index (κ2) is 9.21. The number of carbonyl (C=O) groups is 1. The number of allylic oxidation sites excluding steroid dienone is 2. The van der Waals surface area contributed by atoms with Crippen molar-refractivity contribution in [2.45, 2.75) is 37.1 Å². The summed E-state index contributed by atoms with van der Waals surface area (Å²) >= 11 is 0. The minimum Gasteiger partial charge on any atom is -0.493 e. The van der Waals surface area contributed by atoms with Gasteiger partial charge in [-0.1, -0.05) is 48.6 Å². The highest BCUT2D eigenvalue weighted by Crippen LogP contribution is 2.45. The Morgan fingerprint density at radius 1 is 1.06 bits per heavy atom. The number of rotatable bonds is 8. The van der Waals surface area contributed by atoms with E-state index in [0.29, 0.717) is 24.0 Å². The molecule has 0 amide bonds. The molecular formula is C28H29N3O3. The van der Waals surface area contributed by atoms with Gasteiger partial charge >= 0.3 is 0 Å². The Kier molecular flexibility index (Phi) is 5.97. The fourth-order valence-corrected chi connectivity index (χ4v) is 4.89. The zero-order valence-corrected chi connectivity index (χ0v) is 19.5. The molecule has 34 heavy (non-hydrogen) atoms. The normalized spacial score (nSPS) is 19.5. The van der Waals surface area contributed by atoms with Crippen molar-refractivity contribution in [2.75, 3.05) is 19.5 Å². The maximum atomic E-state index is 11.1. The molecule has 1 aromatic heterocycles. The fourth-order valence-electron chi connectivity index (χ4n) is 4.89. The molecule has 1 fully saturated rings. The average molecular weight is 456 g/mol. The van der Waals surface area contributed by atoms with Crippen molar-refractivity contribution in [1.29, 1.82) is 0 Å². The van der Waals surface area contributed by atoms with Crippen LogP contribution in [0.3, 0.4) is 0 Å². The van der Waals surface area contributed by atoms with Crippen molar-refractivity contribution in [3.05, 3.63) is 83.1 Å². The van der Waals surface area contributed by atoms with E-state index in [2.05, 4.69) is 53.9 Å². The molecule has 0 spiro atoms. The van der Waals surface area contributed by atoms with Gasteiger partial charge in [-0.3, -0.25) is 4.79 Å². The molecule has 0 bridgehead atoms. The highest BCUT2D eigenvalue weighted by atomic mass is 16.5. The molecule has 6 nitrogen and oxygen atoms in total. The summed E-state index contributed by atoms with van der Waals surface area (Å²) in [4.78, 5) is 11.1. The summed E-state index contributed by atoms with van der Waals surface area (Å²) in [6.07, 6.45) is 12.7. The highest BCUT2D eigenvalue weighted by molar-refractivity contribution is 5.74. The third-order valence-electron chi connectivity index (χ3n) is 6.97. The van der Waals surface area contributed by atoms with Gasteiger partial charge in [0.25, 0.3) is 0 Å². The topological polar surface area (TPSA) is 65.4 Å². The van der Waals surface area contributed by atoms with E-state index in [9.17, 15) is 4.79 Å². The van der Waals surface area contributed by atoms with Gasteiger partial charge in [0, 0.05) is 29.6 Å². The summed E-state index contributed by atoms with van der Waals surface area (Å²) in [7, 11) is 3.30. The molecule has 1 atom stereocenters. The minimum absolute atomic E-state index is 0.436. The Balaban J connectivity index is 1.66. The Bertz CT molecular complexity index is 1240. The number of anilines is 1. The molecule has 2 aliphatic rings. The van der Waals surface area contributed by atoms with Gasteiger partial charge < -0.3 is 14.8 Å². The number of ether oxygens (including phenoxy) is 2. The van der Waals surface area contributed by atoms with E-state index >= 15 is 0 Å². The van der Waals surface area contributed by atoms with E-state index in [1.54, 1.807) is 20.4 Å². The molecule has 2 aliphatic carbocycles. The lowest BCUT2D eigenvalue weighted by Gasteiger charge is -2.35. The Labute approximate surface area is 199 Å². The zero-order chi connectivity index (χ0) is 23.5. The van der Waals surface area contributed by atoms with Crippen molar-refractivity contribution in [1.82, 2.24) is 9.78 Å². The first kappa shape index (κ1) is 22.0. The molecule has 1 unspecified atom stereocenters. The van der Waals surface area contributed by atoms with E-state index in [-0.39, 0.29) is 0 Å². The van der Waals surface area contributed by atoms with Crippen LogP contribution in [0.1, 0.15) is 41.6 Å². The summed E-state index contributed by atoms with van der Waals surface area (Å²) in [5.41, 5.74) is 3.97. The molecule has 0 radical (unpaired) electrons. The van der Waals surface area contributed by atoms with Crippen LogP contribution in [0.25, 0.3) is 12.3 Å². The van der Waals surface area contributed by atoms with Gasteiger partial charge in [-0.25, -0.2) is 4.68 Å². The van der Waals surface area contributed by atoms with Crippen LogP contribution >= 0.6 is 0 Å². The van der Waals surface area contributed by atoms with Crippen LogP contribution in [-0.2, 0) is 16.6 Å². The predicted molar refractivity (Wildman–Crippen MR) is 134 cm³/mol. The Morgan fingerprint density at radius 2 is 1.85 bits per heavy atom. The molecule has 1 N–H and O–H groups in total. The number of carbonyl (C=O) groups excluding carboxylic acids is 1. The number of fused-ring (bicyclic) bond motifs is 1. The van der Waals surface area contributed by atoms with E-state index in [1.807, 2.05) is 16.8 Å². The number of aldehydes is 1. The van der Waals surface area contributed by atoms with Gasteiger partial charge in [0.1, 0.15) is 6.29 Å². The van der Waals surface area contributed by atoms with Crippen LogP contribution in [0.2, 0.25) is 0 Å². The highest BCUT2D eigenvalue weighted by Gasteiger charge is 2.38. The predicted octanol–water partition coefficient (Wildman–Crippen LogP) is 5.09. The lowest BCUT2D eigenvalue weighted by atomic mass is 9.68. The summed E-state index contributed by atoms with van der Waals surface area (Å²) in [6.45, 7) is 0. The molecule has 0 aliphatic heterocycles. The maximum absolute atomic E-state index is 11.1. The largest absolute Gasteiger partial charge is 0.493 e. The first-order valence-electron chi connectivity index (χ1n) is 11.7. The number of hydrogen-bond acceptors (Lipinski definition) is 5. The smallest absolute Gasteiger partial charge is 0.161 e. The van der Waals surface area contributed by atoms with Gasteiger partial charge in [0.2, 0.25) is 0 Å². The molecular weight excluding hydrogens is 426 g/mol. The molecule has 6 heteroatoms. The van der Waals surface area contributed by atoms with E-state index < -0.39 is 5.41 Å². The number of aromatic nitrogens is 2. The maximum Gasteiger partial charge on any atom is 0.161 e. The number of benzene rings is 2. The van der Waals surface area contributed by atoms with Crippen molar-refractivity contribution in [3.63, 3.8) is 0 Å². The second-order valence-corrected chi connectivity index (χ2v) is 8.82. The summed E-state index contributed by atoms with van der Waals surface area (Å²) in [5, 5.41) is 8.43. The van der Waals surface area contributed by atoms with Crippen LogP contribution in [0, 0.1) is 0 Å². The van der Waals surface area contributed by atoms with Crippen LogP contribution in [0.15, 0.2) is 60.7 Å². The first-order valence-corrected chi connectivity index (χ1v) is 11.7. The average Bonchev–Trinajstić information content (AvgIpc) is 3.21. The van der Waals surface area contributed by atoms with Gasteiger partial charge in [0.05, 0.1) is 19.9 Å². The number of nitrogens with one attached hydrogen (secondary N) is 1. The molecule has 2 aromatic carbocycles. The number of hydrogen-bond donors (Lipinski definition) is 1. The zero-order valence-electron chi connectivity index (χ0n) is 19.5. The van der Waals surface area contributed by atoms with E-state index in [0.717, 1.165) is 41.8 Å². The van der Waals surface area contributed by atoms with E-state index in [4.69, 9.17) is 14.6 Å². The third kappa shape index (κ3) is 3.79. The Hall–Kier alpha value is -3.80. The van der Waals surface area contributed by atoms with Crippen molar-refractivity contribution < 1.29 is 14.3 Å². The quantitative estimate of drug-likeness (QED) is 0.379. The number of methoxy groups -OCH3 is 2. The third-order valence-corrected chi connectivity index (χ3v) is 6.97. The van der Waals surface area contributed by atoms with Crippen molar-refractivity contribution in [2.24, 2.45) is 0 Å². The molecule has 1 heterocycles. The fraction of sp³-hybridized carbons (Fsp3) is 0.286. The monoisotopic (exact) mass is 455 g/mol. The summed E-state index contributed by atoms with van der Waals surface area (Å²) in [6, 6.07) is 17.0. The van der Waals surface area contributed by atoms with Gasteiger partial charge in [-0.2, -0.15) is 5.10 Å². The molecule has 3 aromatic rings. The standard InChI is InChI=1S/C28H29N3O3/c1-33-25-13-12-21(18-26(25)34-2)28(20-8-4-3-5-9-20)15-14-23-24(19-28)31(16-7-17-32)30-27(23)29-22-10-6-11-22/h3-5,7-9,12-18,22H,6,10-11,19H2,1-2H3,(H,29,30). The van der Waals surface area contributed by atoms with Crippen molar-refractivity contribution >= 4 is 24.4 Å². The first-order chi connectivity index (χ1) is 16.7. The molecule has 174 valence electrons.